The van der Waals surface area contributed by atoms with E-state index in [0.717, 1.165) is 12.1 Å². The summed E-state index contributed by atoms with van der Waals surface area (Å²) in [5, 5.41) is 0. The third-order valence-electron chi connectivity index (χ3n) is 1.35. The summed E-state index contributed by atoms with van der Waals surface area (Å²) in [4.78, 5) is 0. The zero-order valence-corrected chi connectivity index (χ0v) is 8.27. The van der Waals surface area contributed by atoms with E-state index in [4.69, 9.17) is 10.5 Å². The summed E-state index contributed by atoms with van der Waals surface area (Å²) in [6.07, 6.45) is 0. The second-order valence-electron chi connectivity index (χ2n) is 2.33. The van der Waals surface area contributed by atoms with Crippen LogP contribution in [0.15, 0.2) is 16.6 Å². The summed E-state index contributed by atoms with van der Waals surface area (Å²) in [6, 6.07) is 2.00. The fraction of sp³-hybridized carbons (Fsp3) is 0.250. The van der Waals surface area contributed by atoms with Crippen LogP contribution >= 0.6 is 15.9 Å². The van der Waals surface area contributed by atoms with E-state index in [-0.39, 0.29) is 12.4 Å². The maximum Gasteiger partial charge on any atom is 0.162 e. The molecule has 0 unspecified atom stereocenters. The van der Waals surface area contributed by atoms with Crippen molar-refractivity contribution in [2.45, 2.75) is 0 Å². The van der Waals surface area contributed by atoms with Crippen molar-refractivity contribution in [1.82, 2.24) is 0 Å². The molecule has 72 valence electrons. The van der Waals surface area contributed by atoms with Gasteiger partial charge in [0.2, 0.25) is 0 Å². The number of ether oxygens (including phenoxy) is 1. The molecule has 1 aromatic carbocycles. The molecule has 0 radical (unpaired) electrons. The molecule has 0 fully saturated rings. The van der Waals surface area contributed by atoms with Crippen molar-refractivity contribution in [2.75, 3.05) is 13.2 Å². The molecule has 0 aliphatic rings. The van der Waals surface area contributed by atoms with E-state index in [1.807, 2.05) is 0 Å². The Labute approximate surface area is 82.8 Å². The Morgan fingerprint density at radius 3 is 2.54 bits per heavy atom. The molecule has 0 aliphatic carbocycles. The normalized spacial score (nSPS) is 10.2. The summed E-state index contributed by atoms with van der Waals surface area (Å²) in [5.74, 6) is -1.59. The van der Waals surface area contributed by atoms with Gasteiger partial charge in [-0.1, -0.05) is 0 Å². The van der Waals surface area contributed by atoms with Gasteiger partial charge in [0.15, 0.2) is 11.6 Å². The molecule has 0 spiro atoms. The van der Waals surface area contributed by atoms with Gasteiger partial charge in [-0.2, -0.15) is 0 Å². The maximum absolute atomic E-state index is 12.7. The Bertz CT molecular complexity index is 306. The standard InChI is InChI=1S/C8H8BrF2NO/c9-5-3-6(10)7(11)4-8(5)13-2-1-12/h3-4H,1-2,12H2. The van der Waals surface area contributed by atoms with Crippen LogP contribution in [0.4, 0.5) is 8.78 Å². The number of hydrogen-bond donors (Lipinski definition) is 1. The van der Waals surface area contributed by atoms with Gasteiger partial charge in [-0.3, -0.25) is 0 Å². The first-order chi connectivity index (χ1) is 6.15. The van der Waals surface area contributed by atoms with Gasteiger partial charge in [0.25, 0.3) is 0 Å². The summed E-state index contributed by atoms with van der Waals surface area (Å²) < 4.78 is 30.7. The van der Waals surface area contributed by atoms with Crippen molar-refractivity contribution in [1.29, 1.82) is 0 Å². The minimum atomic E-state index is -0.935. The van der Waals surface area contributed by atoms with E-state index in [1.165, 1.54) is 0 Å². The van der Waals surface area contributed by atoms with Crippen LogP contribution in [0, 0.1) is 11.6 Å². The van der Waals surface area contributed by atoms with Gasteiger partial charge in [-0.15, -0.1) is 0 Å². The molecule has 0 heterocycles. The van der Waals surface area contributed by atoms with Crippen molar-refractivity contribution in [3.05, 3.63) is 28.2 Å². The predicted octanol–water partition coefficient (Wildman–Crippen LogP) is 2.06. The minimum absolute atomic E-state index is 0.254. The second kappa shape index (κ2) is 4.53. The highest BCUT2D eigenvalue weighted by Crippen LogP contribution is 2.27. The number of nitrogens with two attached hydrogens (primary N) is 1. The molecule has 0 aromatic heterocycles. The number of hydrogen-bond acceptors (Lipinski definition) is 2. The molecule has 0 bridgehead atoms. The smallest absolute Gasteiger partial charge is 0.162 e. The summed E-state index contributed by atoms with van der Waals surface area (Å²) in [7, 11) is 0. The van der Waals surface area contributed by atoms with E-state index >= 15 is 0 Å². The lowest BCUT2D eigenvalue weighted by Crippen LogP contribution is -2.11. The van der Waals surface area contributed by atoms with Crippen LogP contribution in [0.3, 0.4) is 0 Å². The van der Waals surface area contributed by atoms with Gasteiger partial charge in [-0.25, -0.2) is 8.78 Å². The first kappa shape index (κ1) is 10.4. The zero-order valence-electron chi connectivity index (χ0n) is 6.69. The number of benzene rings is 1. The summed E-state index contributed by atoms with van der Waals surface area (Å²) in [5.41, 5.74) is 5.19. The molecule has 13 heavy (non-hydrogen) atoms. The van der Waals surface area contributed by atoms with Crippen LogP contribution in [0.1, 0.15) is 0 Å². The molecule has 0 amide bonds. The first-order valence-corrected chi connectivity index (χ1v) is 4.42. The van der Waals surface area contributed by atoms with Crippen LogP contribution in [-0.4, -0.2) is 13.2 Å². The Morgan fingerprint density at radius 2 is 1.92 bits per heavy atom. The Kier molecular flexibility index (Phi) is 3.62. The lowest BCUT2D eigenvalue weighted by atomic mass is 10.3. The van der Waals surface area contributed by atoms with Crippen molar-refractivity contribution in [2.24, 2.45) is 5.73 Å². The topological polar surface area (TPSA) is 35.2 Å². The molecule has 1 rings (SSSR count). The lowest BCUT2D eigenvalue weighted by Gasteiger charge is -2.06. The highest BCUT2D eigenvalue weighted by molar-refractivity contribution is 9.10. The molecule has 2 nitrogen and oxygen atoms in total. The SMILES string of the molecule is NCCOc1cc(F)c(F)cc1Br. The van der Waals surface area contributed by atoms with Crippen LogP contribution in [0.5, 0.6) is 5.75 Å². The Morgan fingerprint density at radius 1 is 1.31 bits per heavy atom. The van der Waals surface area contributed by atoms with Gasteiger partial charge < -0.3 is 10.5 Å². The molecule has 0 saturated carbocycles. The minimum Gasteiger partial charge on any atom is -0.491 e. The molecule has 0 saturated heterocycles. The fourth-order valence-corrected chi connectivity index (χ4v) is 1.21. The van der Waals surface area contributed by atoms with Gasteiger partial charge in [-0.05, 0) is 22.0 Å². The Hall–Kier alpha value is -0.680. The monoisotopic (exact) mass is 251 g/mol. The maximum atomic E-state index is 12.7. The quantitative estimate of drug-likeness (QED) is 0.835. The molecule has 5 heteroatoms. The van der Waals surface area contributed by atoms with Gasteiger partial charge >= 0.3 is 0 Å². The van der Waals surface area contributed by atoms with Gasteiger partial charge in [0.05, 0.1) is 4.47 Å². The highest BCUT2D eigenvalue weighted by Gasteiger charge is 2.08. The third kappa shape index (κ3) is 2.63. The molecular weight excluding hydrogens is 244 g/mol. The van der Waals surface area contributed by atoms with Crippen molar-refractivity contribution >= 4 is 15.9 Å². The zero-order chi connectivity index (χ0) is 9.84. The van der Waals surface area contributed by atoms with Crippen molar-refractivity contribution in [3.8, 4) is 5.75 Å². The molecule has 0 atom stereocenters. The van der Waals surface area contributed by atoms with Crippen molar-refractivity contribution in [3.63, 3.8) is 0 Å². The second-order valence-corrected chi connectivity index (χ2v) is 3.19. The van der Waals surface area contributed by atoms with Crippen LogP contribution in [0.25, 0.3) is 0 Å². The third-order valence-corrected chi connectivity index (χ3v) is 1.97. The lowest BCUT2D eigenvalue weighted by molar-refractivity contribution is 0.322. The van der Waals surface area contributed by atoms with E-state index < -0.39 is 11.6 Å². The van der Waals surface area contributed by atoms with Crippen LogP contribution in [-0.2, 0) is 0 Å². The average Bonchev–Trinajstić information content (AvgIpc) is 2.09. The molecule has 0 aliphatic heterocycles. The highest BCUT2D eigenvalue weighted by atomic mass is 79.9. The summed E-state index contributed by atoms with van der Waals surface area (Å²) in [6.45, 7) is 0.592. The largest absolute Gasteiger partial charge is 0.491 e. The van der Waals surface area contributed by atoms with E-state index in [0.29, 0.717) is 11.0 Å². The summed E-state index contributed by atoms with van der Waals surface area (Å²) >= 11 is 3.04. The molecule has 2 N–H and O–H groups in total. The molecular formula is C8H8BrF2NO. The Balaban J connectivity index is 2.88. The van der Waals surface area contributed by atoms with E-state index in [1.54, 1.807) is 0 Å². The molecule has 1 aromatic rings. The average molecular weight is 252 g/mol. The van der Waals surface area contributed by atoms with Crippen LogP contribution in [0.2, 0.25) is 0 Å². The van der Waals surface area contributed by atoms with E-state index in [9.17, 15) is 8.78 Å². The van der Waals surface area contributed by atoms with Gasteiger partial charge in [0.1, 0.15) is 12.4 Å². The number of rotatable bonds is 3. The van der Waals surface area contributed by atoms with Crippen LogP contribution < -0.4 is 10.5 Å². The van der Waals surface area contributed by atoms with E-state index in [2.05, 4.69) is 15.9 Å². The number of halogens is 3. The van der Waals surface area contributed by atoms with Gasteiger partial charge in [0, 0.05) is 12.6 Å². The fourth-order valence-electron chi connectivity index (χ4n) is 0.784. The predicted molar refractivity (Wildman–Crippen MR) is 48.6 cm³/mol. The van der Waals surface area contributed by atoms with Crippen molar-refractivity contribution < 1.29 is 13.5 Å². The first-order valence-electron chi connectivity index (χ1n) is 3.62.